The Hall–Kier alpha value is -5.81. The first-order valence-corrected chi connectivity index (χ1v) is 18.4. The Kier molecular flexibility index (Phi) is 17.0. The summed E-state index contributed by atoms with van der Waals surface area (Å²) < 4.78 is 0. The highest BCUT2D eigenvalue weighted by Gasteiger charge is 2.34. The van der Waals surface area contributed by atoms with Crippen molar-refractivity contribution >= 4 is 52.4 Å². The van der Waals surface area contributed by atoms with Crippen LogP contribution in [0.2, 0.25) is 0 Å². The summed E-state index contributed by atoms with van der Waals surface area (Å²) in [4.78, 5) is 94.2. The fourth-order valence-electron chi connectivity index (χ4n) is 6.04. The second kappa shape index (κ2) is 21.3. The summed E-state index contributed by atoms with van der Waals surface area (Å²) >= 11 is 0. The molecule has 0 saturated carbocycles. The first-order chi connectivity index (χ1) is 26.5. The van der Waals surface area contributed by atoms with Crippen LogP contribution in [0.4, 0.5) is 0 Å². The van der Waals surface area contributed by atoms with Crippen molar-refractivity contribution < 1.29 is 48.9 Å². The first-order valence-electron chi connectivity index (χ1n) is 18.4. The number of nitrogens with one attached hydrogen (secondary N) is 6. The van der Waals surface area contributed by atoms with Gasteiger partial charge in [0.25, 0.3) is 0 Å². The van der Waals surface area contributed by atoms with E-state index in [4.69, 9.17) is 5.73 Å². The van der Waals surface area contributed by atoms with E-state index >= 15 is 0 Å². The number of carbonyl (C=O) groups is 7. The average molecular weight is 780 g/mol. The van der Waals surface area contributed by atoms with Crippen LogP contribution in [0, 0.1) is 11.8 Å². The second-order valence-electron chi connectivity index (χ2n) is 14.5. The smallest absolute Gasteiger partial charge is 0.326 e. The van der Waals surface area contributed by atoms with Crippen molar-refractivity contribution in [2.24, 2.45) is 17.6 Å². The number of benzene rings is 2. The third-order valence-corrected chi connectivity index (χ3v) is 8.86. The van der Waals surface area contributed by atoms with E-state index in [1.807, 2.05) is 26.0 Å². The lowest BCUT2D eigenvalue weighted by molar-refractivity contribution is -0.143. The van der Waals surface area contributed by atoms with Gasteiger partial charge < -0.3 is 52.6 Å². The number of fused-ring (bicyclic) bond motifs is 1. The molecule has 11 N–H and O–H groups in total. The number of carbonyl (C=O) groups excluding carboxylic acids is 5. The number of nitrogens with two attached hydrogens (primary N) is 1. The Balaban J connectivity index is 1.87. The highest BCUT2D eigenvalue weighted by atomic mass is 16.4. The van der Waals surface area contributed by atoms with Gasteiger partial charge in [-0.3, -0.25) is 28.8 Å². The lowest BCUT2D eigenvalue weighted by atomic mass is 10.0. The zero-order valence-electron chi connectivity index (χ0n) is 31.9. The summed E-state index contributed by atoms with van der Waals surface area (Å²) in [6.45, 7) is 6.31. The highest BCUT2D eigenvalue weighted by Crippen LogP contribution is 2.20. The van der Waals surface area contributed by atoms with Gasteiger partial charge in [-0.05, 0) is 41.9 Å². The molecular weight excluding hydrogens is 726 g/mol. The monoisotopic (exact) mass is 779 g/mol. The number of H-pyrrole nitrogens is 1. The molecule has 6 atom stereocenters. The molecule has 3 aromatic rings. The summed E-state index contributed by atoms with van der Waals surface area (Å²) in [5.74, 6) is -7.25. The minimum absolute atomic E-state index is 0.0304. The van der Waals surface area contributed by atoms with Crippen LogP contribution in [0.3, 0.4) is 0 Å². The van der Waals surface area contributed by atoms with E-state index in [1.165, 1.54) is 0 Å². The van der Waals surface area contributed by atoms with Crippen molar-refractivity contribution in [1.29, 1.82) is 0 Å². The van der Waals surface area contributed by atoms with Gasteiger partial charge in [0.15, 0.2) is 0 Å². The molecule has 1 heterocycles. The van der Waals surface area contributed by atoms with Gasteiger partial charge in [-0.2, -0.15) is 0 Å². The number of rotatable bonds is 22. The number of hydrogen-bond donors (Lipinski definition) is 10. The number of aromatic nitrogens is 1. The number of aliphatic carboxylic acids is 2. The van der Waals surface area contributed by atoms with Gasteiger partial charge >= 0.3 is 11.9 Å². The van der Waals surface area contributed by atoms with E-state index in [2.05, 4.69) is 31.6 Å². The minimum atomic E-state index is -1.66. The molecule has 304 valence electrons. The van der Waals surface area contributed by atoms with Crippen LogP contribution in [0.25, 0.3) is 10.9 Å². The van der Waals surface area contributed by atoms with E-state index in [9.17, 15) is 48.9 Å². The average Bonchev–Trinajstić information content (AvgIpc) is 3.54. The maximum Gasteiger partial charge on any atom is 0.326 e. The molecule has 56 heavy (non-hydrogen) atoms. The molecule has 3 rings (SSSR count). The molecule has 0 saturated heterocycles. The molecule has 5 amide bonds. The van der Waals surface area contributed by atoms with E-state index in [0.717, 1.165) is 10.9 Å². The van der Waals surface area contributed by atoms with Gasteiger partial charge in [-0.1, -0.05) is 76.2 Å². The number of aliphatic hydroxyl groups excluding tert-OH is 1. The fourth-order valence-corrected chi connectivity index (χ4v) is 6.04. The molecule has 0 bridgehead atoms. The number of aromatic amines is 1. The molecule has 0 aliphatic carbocycles. The van der Waals surface area contributed by atoms with Crippen LogP contribution >= 0.6 is 0 Å². The second-order valence-corrected chi connectivity index (χ2v) is 14.5. The molecule has 17 nitrogen and oxygen atoms in total. The number of carboxylic acids is 2. The van der Waals surface area contributed by atoms with Gasteiger partial charge in [-0.15, -0.1) is 0 Å². The molecule has 2 aromatic carbocycles. The van der Waals surface area contributed by atoms with E-state index in [0.29, 0.717) is 11.1 Å². The summed E-state index contributed by atoms with van der Waals surface area (Å²) in [7, 11) is 0. The SMILES string of the molecule is CC(C)C[C@H](NC(=O)[C@H](Cc1c[nH]c2ccccc12)NC(=O)[C@H](CO)NC(=O)[C@H](Cc1ccccc1)NC(=O)[C@H](CC(=O)O)NC(=O)[C@@H](N)CC(C)C)C(=O)O. The van der Waals surface area contributed by atoms with Crippen molar-refractivity contribution in [2.45, 2.75) is 96.1 Å². The number of amides is 5. The van der Waals surface area contributed by atoms with Crippen LogP contribution in [0.5, 0.6) is 0 Å². The van der Waals surface area contributed by atoms with Gasteiger partial charge in [0, 0.05) is 29.9 Å². The Morgan fingerprint density at radius 2 is 1.12 bits per heavy atom. The first kappa shape index (κ1) is 44.6. The zero-order chi connectivity index (χ0) is 41.5. The standard InChI is InChI=1S/C39H53N7O10/c1-21(2)14-26(40)34(50)42-30(18-33(48)49)37(53)43-28(16-23-10-6-5-7-11-23)35(51)46-32(20-47)38(54)44-29(36(52)45-31(39(55)56)15-22(3)4)17-24-19-41-27-13-9-8-12-25(24)27/h5-13,19,21-22,26,28-32,41,47H,14-18,20,40H2,1-4H3,(H,42,50)(H,43,53)(H,44,54)(H,45,52)(H,46,51)(H,48,49)(H,55,56)/t26-,28-,29-,30-,31-,32-/m0/s1. The summed E-state index contributed by atoms with van der Waals surface area (Å²) in [5.41, 5.74) is 7.90. The Morgan fingerprint density at radius 3 is 1.70 bits per heavy atom. The quantitative estimate of drug-likeness (QED) is 0.0664. The number of aliphatic hydroxyl groups is 1. The molecule has 0 aliphatic rings. The van der Waals surface area contributed by atoms with Crippen LogP contribution in [-0.4, -0.2) is 105 Å². The minimum Gasteiger partial charge on any atom is -0.481 e. The maximum atomic E-state index is 13.8. The fraction of sp³-hybridized carbons (Fsp3) is 0.462. The van der Waals surface area contributed by atoms with Crippen molar-refractivity contribution in [3.63, 3.8) is 0 Å². The van der Waals surface area contributed by atoms with E-state index in [-0.39, 0.29) is 37.5 Å². The van der Waals surface area contributed by atoms with Crippen LogP contribution in [0.1, 0.15) is 58.1 Å². The van der Waals surface area contributed by atoms with Crippen molar-refractivity contribution in [3.05, 3.63) is 71.9 Å². The predicted molar refractivity (Wildman–Crippen MR) is 206 cm³/mol. The van der Waals surface area contributed by atoms with E-state index < -0.39 is 90.8 Å². The lowest BCUT2D eigenvalue weighted by Crippen LogP contribution is -2.60. The Labute approximate surface area is 324 Å². The van der Waals surface area contributed by atoms with Gasteiger partial charge in [-0.25, -0.2) is 4.79 Å². The van der Waals surface area contributed by atoms with Crippen LogP contribution in [0.15, 0.2) is 60.8 Å². The summed E-state index contributed by atoms with van der Waals surface area (Å²) in [6.07, 6.45) is 0.968. The van der Waals surface area contributed by atoms with Gasteiger partial charge in [0.1, 0.15) is 30.2 Å². The van der Waals surface area contributed by atoms with Gasteiger partial charge in [0.2, 0.25) is 29.5 Å². The number of carboxylic acid groups (broad SMARTS) is 2. The van der Waals surface area contributed by atoms with Crippen LogP contribution in [-0.2, 0) is 46.4 Å². The zero-order valence-corrected chi connectivity index (χ0v) is 31.9. The molecule has 0 fully saturated rings. The molecule has 0 unspecified atom stereocenters. The van der Waals surface area contributed by atoms with Crippen molar-refractivity contribution in [3.8, 4) is 0 Å². The predicted octanol–water partition coefficient (Wildman–Crippen LogP) is 0.348. The normalized spacial score (nSPS) is 14.5. The van der Waals surface area contributed by atoms with Gasteiger partial charge in [0.05, 0.1) is 19.1 Å². The maximum absolute atomic E-state index is 13.8. The Morgan fingerprint density at radius 1 is 0.625 bits per heavy atom. The topological polar surface area (TPSA) is 282 Å². The largest absolute Gasteiger partial charge is 0.481 e. The molecule has 1 aromatic heterocycles. The third-order valence-electron chi connectivity index (χ3n) is 8.86. The lowest BCUT2D eigenvalue weighted by Gasteiger charge is -2.26. The third kappa shape index (κ3) is 13.8. The van der Waals surface area contributed by atoms with E-state index in [1.54, 1.807) is 62.5 Å². The molecule has 0 spiro atoms. The van der Waals surface area contributed by atoms with Crippen molar-refractivity contribution in [2.75, 3.05) is 6.61 Å². The number of hydrogen-bond acceptors (Lipinski definition) is 9. The summed E-state index contributed by atoms with van der Waals surface area (Å²) in [6, 6.07) is 7.30. The molecular formula is C39H53N7O10. The molecule has 0 aliphatic heterocycles. The Bertz CT molecular complexity index is 1830. The highest BCUT2D eigenvalue weighted by molar-refractivity contribution is 5.97. The van der Waals surface area contributed by atoms with Crippen molar-refractivity contribution in [1.82, 2.24) is 31.6 Å². The van der Waals surface area contributed by atoms with Crippen LogP contribution < -0.4 is 32.3 Å². The number of para-hydroxylation sites is 1. The molecule has 17 heteroatoms. The molecule has 0 radical (unpaired) electrons. The summed E-state index contributed by atoms with van der Waals surface area (Å²) in [5, 5.41) is 42.6.